The molecule has 0 aliphatic heterocycles. The van der Waals surface area contributed by atoms with Crippen molar-refractivity contribution in [3.8, 4) is 5.75 Å². The summed E-state index contributed by atoms with van der Waals surface area (Å²) in [4.78, 5) is 0. The average molecular weight is 274 g/mol. The maximum absolute atomic E-state index is 6.05. The third kappa shape index (κ3) is 3.61. The van der Waals surface area contributed by atoms with E-state index in [0.29, 0.717) is 6.61 Å². The monoisotopic (exact) mass is 274 g/mol. The van der Waals surface area contributed by atoms with Gasteiger partial charge < -0.3 is 15.0 Å². The number of benzene rings is 1. The first-order valence-corrected chi connectivity index (χ1v) is 6.99. The van der Waals surface area contributed by atoms with Gasteiger partial charge >= 0.3 is 0 Å². The number of nitrogens with zero attached hydrogens (tertiary/aromatic N) is 1. The Morgan fingerprint density at radius 2 is 2.15 bits per heavy atom. The van der Waals surface area contributed by atoms with Crippen LogP contribution in [0.4, 0.5) is 0 Å². The first-order chi connectivity index (χ1) is 9.60. The maximum Gasteiger partial charge on any atom is 0.134 e. The average Bonchev–Trinajstić information content (AvgIpc) is 2.83. The van der Waals surface area contributed by atoms with Crippen LogP contribution >= 0.6 is 0 Å². The van der Waals surface area contributed by atoms with Gasteiger partial charge in [0, 0.05) is 12.1 Å². The Morgan fingerprint density at radius 3 is 2.80 bits per heavy atom. The van der Waals surface area contributed by atoms with Gasteiger partial charge in [-0.15, -0.1) is 0 Å². The van der Waals surface area contributed by atoms with E-state index in [9.17, 15) is 0 Å². The lowest BCUT2D eigenvalue weighted by atomic mass is 10.0. The molecule has 108 valence electrons. The quantitative estimate of drug-likeness (QED) is 0.879. The van der Waals surface area contributed by atoms with Gasteiger partial charge in [0.05, 0.1) is 0 Å². The lowest BCUT2D eigenvalue weighted by Crippen LogP contribution is -2.21. The van der Waals surface area contributed by atoms with E-state index in [1.807, 2.05) is 32.0 Å². The predicted molar refractivity (Wildman–Crippen MR) is 78.7 cm³/mol. The second kappa shape index (κ2) is 6.57. The molecule has 1 heterocycles. The van der Waals surface area contributed by atoms with E-state index in [1.54, 1.807) is 0 Å². The summed E-state index contributed by atoms with van der Waals surface area (Å²) in [5.74, 6) is 1.71. The molecule has 1 aromatic carbocycles. The van der Waals surface area contributed by atoms with Crippen molar-refractivity contribution in [3.63, 3.8) is 0 Å². The van der Waals surface area contributed by atoms with E-state index in [4.69, 9.17) is 15.0 Å². The highest BCUT2D eigenvalue weighted by atomic mass is 16.5. The lowest BCUT2D eigenvalue weighted by Gasteiger charge is -2.16. The summed E-state index contributed by atoms with van der Waals surface area (Å²) in [5, 5.41) is 3.94. The van der Waals surface area contributed by atoms with Crippen LogP contribution in [0.5, 0.6) is 5.75 Å². The number of ether oxygens (including phenoxy) is 1. The Morgan fingerprint density at radius 1 is 1.35 bits per heavy atom. The molecule has 0 saturated carbocycles. The van der Waals surface area contributed by atoms with Gasteiger partial charge in [-0.05, 0) is 37.8 Å². The van der Waals surface area contributed by atoms with Crippen LogP contribution in [0.15, 0.2) is 28.8 Å². The molecule has 0 saturated heterocycles. The molecule has 2 N–H and O–H groups in total. The van der Waals surface area contributed by atoms with Crippen LogP contribution in [0.25, 0.3) is 0 Å². The first-order valence-electron chi connectivity index (χ1n) is 6.99. The fourth-order valence-corrected chi connectivity index (χ4v) is 2.14. The third-order valence-electron chi connectivity index (χ3n) is 3.34. The summed E-state index contributed by atoms with van der Waals surface area (Å²) in [6.07, 6.45) is 1.78. The molecule has 1 atom stereocenters. The number of aryl methyl sites for hydroxylation is 2. The zero-order valence-electron chi connectivity index (χ0n) is 12.3. The zero-order chi connectivity index (χ0) is 14.5. The second-order valence-corrected chi connectivity index (χ2v) is 5.15. The Labute approximate surface area is 119 Å². The van der Waals surface area contributed by atoms with Crippen molar-refractivity contribution in [1.29, 1.82) is 0 Å². The lowest BCUT2D eigenvalue weighted by molar-refractivity contribution is 0.283. The second-order valence-electron chi connectivity index (χ2n) is 5.15. The molecular formula is C16H22N2O2. The highest BCUT2D eigenvalue weighted by Gasteiger charge is 2.11. The van der Waals surface area contributed by atoms with Gasteiger partial charge in [-0.1, -0.05) is 30.3 Å². The van der Waals surface area contributed by atoms with Gasteiger partial charge in [0.1, 0.15) is 23.8 Å². The van der Waals surface area contributed by atoms with Crippen molar-refractivity contribution in [2.24, 2.45) is 5.73 Å². The van der Waals surface area contributed by atoms with E-state index >= 15 is 0 Å². The molecule has 1 aromatic heterocycles. The number of rotatable bonds is 6. The summed E-state index contributed by atoms with van der Waals surface area (Å²) in [6.45, 7) is 6.43. The van der Waals surface area contributed by atoms with Crippen LogP contribution in [-0.4, -0.2) is 11.2 Å². The van der Waals surface area contributed by atoms with Gasteiger partial charge in [0.2, 0.25) is 0 Å². The molecule has 0 aliphatic rings. The van der Waals surface area contributed by atoms with Crippen molar-refractivity contribution in [1.82, 2.24) is 5.16 Å². The molecular weight excluding hydrogens is 252 g/mol. The molecule has 0 radical (unpaired) electrons. The Balaban J connectivity index is 2.12. The number of aromatic nitrogens is 1. The molecule has 0 amide bonds. The fourth-order valence-electron chi connectivity index (χ4n) is 2.14. The highest BCUT2D eigenvalue weighted by molar-refractivity contribution is 5.41. The normalized spacial score (nSPS) is 12.4. The van der Waals surface area contributed by atoms with Gasteiger partial charge in [-0.2, -0.15) is 0 Å². The van der Waals surface area contributed by atoms with Gasteiger partial charge in [0.25, 0.3) is 0 Å². The molecule has 2 aromatic rings. The highest BCUT2D eigenvalue weighted by Crippen LogP contribution is 2.25. The molecule has 20 heavy (non-hydrogen) atoms. The van der Waals surface area contributed by atoms with E-state index < -0.39 is 0 Å². The number of nitrogens with two attached hydrogens (primary N) is 1. The molecule has 4 heteroatoms. The fraction of sp³-hybridized carbons (Fsp3) is 0.438. The number of hydrogen-bond acceptors (Lipinski definition) is 4. The van der Waals surface area contributed by atoms with Crippen molar-refractivity contribution < 1.29 is 9.26 Å². The number of hydrogen-bond donors (Lipinski definition) is 1. The topological polar surface area (TPSA) is 61.3 Å². The molecule has 0 bridgehead atoms. The van der Waals surface area contributed by atoms with Crippen LogP contribution < -0.4 is 10.5 Å². The summed E-state index contributed by atoms with van der Waals surface area (Å²) in [7, 11) is 0. The van der Waals surface area contributed by atoms with E-state index in [2.05, 4.69) is 18.1 Å². The molecule has 4 nitrogen and oxygen atoms in total. The molecule has 0 spiro atoms. The van der Waals surface area contributed by atoms with Crippen molar-refractivity contribution >= 4 is 0 Å². The van der Waals surface area contributed by atoms with E-state index in [1.165, 1.54) is 0 Å². The molecule has 0 aliphatic carbocycles. The van der Waals surface area contributed by atoms with Crippen molar-refractivity contribution in [2.45, 2.75) is 46.3 Å². The van der Waals surface area contributed by atoms with Gasteiger partial charge in [-0.3, -0.25) is 0 Å². The zero-order valence-corrected chi connectivity index (χ0v) is 12.3. The Bertz CT molecular complexity index is 563. The van der Waals surface area contributed by atoms with E-state index in [-0.39, 0.29) is 6.04 Å². The molecule has 0 fully saturated rings. The molecule has 1 unspecified atom stereocenters. The van der Waals surface area contributed by atoms with Gasteiger partial charge in [0.15, 0.2) is 0 Å². The van der Waals surface area contributed by atoms with Crippen LogP contribution in [0.2, 0.25) is 0 Å². The minimum atomic E-state index is 0.161. The Hall–Kier alpha value is -1.81. The van der Waals surface area contributed by atoms with Crippen LogP contribution in [0.1, 0.15) is 35.9 Å². The minimum absolute atomic E-state index is 0.161. The van der Waals surface area contributed by atoms with Gasteiger partial charge in [-0.25, -0.2) is 0 Å². The SMILES string of the molecule is CCC(N)Cc1cccc(C)c1OCc1cc(C)on1. The first kappa shape index (κ1) is 14.6. The summed E-state index contributed by atoms with van der Waals surface area (Å²) in [6, 6.07) is 8.21. The molecule has 2 rings (SSSR count). The summed E-state index contributed by atoms with van der Waals surface area (Å²) in [5.41, 5.74) is 9.12. The maximum atomic E-state index is 6.05. The largest absolute Gasteiger partial charge is 0.487 e. The summed E-state index contributed by atoms with van der Waals surface area (Å²) >= 11 is 0. The smallest absolute Gasteiger partial charge is 0.134 e. The van der Waals surface area contributed by atoms with E-state index in [0.717, 1.165) is 41.2 Å². The number of para-hydroxylation sites is 1. The predicted octanol–water partition coefficient (Wildman–Crippen LogP) is 3.15. The van der Waals surface area contributed by atoms with Crippen molar-refractivity contribution in [3.05, 3.63) is 46.8 Å². The van der Waals surface area contributed by atoms with Crippen molar-refractivity contribution in [2.75, 3.05) is 0 Å². The van der Waals surface area contributed by atoms with Crippen LogP contribution in [0.3, 0.4) is 0 Å². The third-order valence-corrected chi connectivity index (χ3v) is 3.34. The van der Waals surface area contributed by atoms with Crippen LogP contribution in [-0.2, 0) is 13.0 Å². The Kier molecular flexibility index (Phi) is 4.79. The standard InChI is InChI=1S/C16H22N2O2/c1-4-14(17)9-13-7-5-6-11(2)16(13)19-10-15-8-12(3)20-18-15/h5-8,14H,4,9-10,17H2,1-3H3. The minimum Gasteiger partial charge on any atom is -0.487 e. The van der Waals surface area contributed by atoms with Crippen LogP contribution in [0, 0.1) is 13.8 Å². The summed E-state index contributed by atoms with van der Waals surface area (Å²) < 4.78 is 11.0.